The van der Waals surface area contributed by atoms with E-state index in [9.17, 15) is 27.6 Å². The molecule has 258 valence electrons. The Morgan fingerprint density at radius 1 is 0.980 bits per heavy atom. The van der Waals surface area contributed by atoms with Crippen LogP contribution in [0.4, 0.5) is 10.5 Å². The molecular formula is C34H36ClN5O8S. The van der Waals surface area contributed by atoms with Gasteiger partial charge in [0.25, 0.3) is 21.8 Å². The summed E-state index contributed by atoms with van der Waals surface area (Å²) in [5.41, 5.74) is 2.71. The van der Waals surface area contributed by atoms with Gasteiger partial charge in [0.1, 0.15) is 11.9 Å². The topological polar surface area (TPSA) is 173 Å². The molecule has 2 aliphatic rings. The predicted octanol–water partition coefficient (Wildman–Crippen LogP) is 4.59. The van der Waals surface area contributed by atoms with Crippen LogP contribution < -0.4 is 25.1 Å². The summed E-state index contributed by atoms with van der Waals surface area (Å²) in [5.74, 6) is -0.584. The molecule has 1 fully saturated rings. The molecule has 0 saturated heterocycles. The number of sulfonamides is 1. The molecular weight excluding hydrogens is 674 g/mol. The van der Waals surface area contributed by atoms with Crippen molar-refractivity contribution in [2.45, 2.75) is 62.5 Å². The third kappa shape index (κ3) is 9.15. The number of rotatable bonds is 11. The molecule has 0 unspecified atom stereocenters. The normalized spacial score (nSPS) is 17.6. The van der Waals surface area contributed by atoms with Crippen LogP contribution in [0.25, 0.3) is 0 Å². The van der Waals surface area contributed by atoms with E-state index >= 15 is 0 Å². The van der Waals surface area contributed by atoms with Gasteiger partial charge in [-0.15, -0.1) is 0 Å². The SMILES string of the molecule is COc1ccc(Cl)cc1C(=O)NCCc1ccc(S(=O)(=O)NC(=O)N[C@H]2CC[C@H](OC(=O)c3ccc(N4N=C(C)CC4=O)cc3)CC2)cc1. The quantitative estimate of drug-likeness (QED) is 0.243. The Morgan fingerprint density at radius 2 is 1.67 bits per heavy atom. The zero-order valence-electron chi connectivity index (χ0n) is 26.9. The van der Waals surface area contributed by atoms with Gasteiger partial charge < -0.3 is 20.1 Å². The zero-order valence-corrected chi connectivity index (χ0v) is 28.5. The zero-order chi connectivity index (χ0) is 35.1. The minimum Gasteiger partial charge on any atom is -0.496 e. The molecule has 0 atom stereocenters. The number of hydrogen-bond donors (Lipinski definition) is 3. The standard InChI is InChI=1S/C34H36ClN5O8S/c1-21-19-31(41)40(38-21)26-10-5-23(6-11-26)33(43)48-27-12-8-25(9-13-27)37-34(44)39-49(45,46)28-14-3-22(4-15-28)17-18-36-32(42)29-20-24(35)7-16-30(29)47-2/h3-7,10-11,14-16,20,25,27H,8-9,12-13,17-19H2,1-2H3,(H,36,42)(H2,37,39,44)/t25-,27-. The first-order valence-corrected chi connectivity index (χ1v) is 17.5. The van der Waals surface area contributed by atoms with E-state index < -0.39 is 22.0 Å². The summed E-state index contributed by atoms with van der Waals surface area (Å²) in [7, 11) is -2.68. The molecule has 49 heavy (non-hydrogen) atoms. The van der Waals surface area contributed by atoms with Crippen LogP contribution in [0.1, 0.15) is 65.3 Å². The highest BCUT2D eigenvalue weighted by atomic mass is 35.5. The Morgan fingerprint density at radius 3 is 2.31 bits per heavy atom. The number of amides is 4. The van der Waals surface area contributed by atoms with E-state index in [1.165, 1.54) is 30.3 Å². The van der Waals surface area contributed by atoms with Crippen molar-refractivity contribution in [2.24, 2.45) is 5.10 Å². The lowest BCUT2D eigenvalue weighted by Gasteiger charge is -2.29. The molecule has 0 radical (unpaired) electrons. The number of anilines is 1. The monoisotopic (exact) mass is 709 g/mol. The number of nitrogens with one attached hydrogen (secondary N) is 3. The molecule has 15 heteroatoms. The van der Waals surface area contributed by atoms with Gasteiger partial charge in [0.15, 0.2) is 0 Å². The first-order chi connectivity index (χ1) is 23.4. The van der Waals surface area contributed by atoms with Crippen molar-refractivity contribution in [3.63, 3.8) is 0 Å². The average Bonchev–Trinajstić information content (AvgIpc) is 3.42. The average molecular weight is 710 g/mol. The first-order valence-electron chi connectivity index (χ1n) is 15.6. The summed E-state index contributed by atoms with van der Waals surface area (Å²) < 4.78 is 38.6. The highest BCUT2D eigenvalue weighted by molar-refractivity contribution is 7.90. The van der Waals surface area contributed by atoms with Crippen molar-refractivity contribution < 1.29 is 37.1 Å². The fourth-order valence-corrected chi connectivity index (χ4v) is 6.63. The largest absolute Gasteiger partial charge is 0.496 e. The second kappa shape index (κ2) is 15.5. The predicted molar refractivity (Wildman–Crippen MR) is 182 cm³/mol. The molecule has 3 N–H and O–H groups in total. The van der Waals surface area contributed by atoms with E-state index in [4.69, 9.17) is 21.1 Å². The molecule has 13 nitrogen and oxygen atoms in total. The number of hydrazone groups is 1. The number of carbonyl (C=O) groups is 4. The Hall–Kier alpha value is -4.95. The van der Waals surface area contributed by atoms with Gasteiger partial charge in [-0.25, -0.2) is 27.7 Å². The lowest BCUT2D eigenvalue weighted by atomic mass is 9.93. The summed E-state index contributed by atoms with van der Waals surface area (Å²) in [5, 5.41) is 11.4. The first kappa shape index (κ1) is 35.4. The van der Waals surface area contributed by atoms with Crippen LogP contribution in [0.2, 0.25) is 5.02 Å². The Kier molecular flexibility index (Phi) is 11.2. The van der Waals surface area contributed by atoms with E-state index in [1.54, 1.807) is 55.5 Å². The van der Waals surface area contributed by atoms with Crippen LogP contribution in [-0.2, 0) is 26.0 Å². The second-order valence-corrected chi connectivity index (χ2v) is 13.8. The molecule has 1 aliphatic heterocycles. The van der Waals surface area contributed by atoms with Crippen molar-refractivity contribution in [1.29, 1.82) is 0 Å². The van der Waals surface area contributed by atoms with Gasteiger partial charge in [-0.2, -0.15) is 5.10 Å². The maximum Gasteiger partial charge on any atom is 0.338 e. The molecule has 1 saturated carbocycles. The summed E-state index contributed by atoms with van der Waals surface area (Å²) in [4.78, 5) is 49.8. The summed E-state index contributed by atoms with van der Waals surface area (Å²) in [6.07, 6.45) is 2.32. The van der Waals surface area contributed by atoms with Crippen LogP contribution in [-0.4, -0.2) is 63.7 Å². The number of hydrogen-bond acceptors (Lipinski definition) is 9. The van der Waals surface area contributed by atoms with Gasteiger partial charge in [0.05, 0.1) is 35.2 Å². The Bertz CT molecular complexity index is 1860. The van der Waals surface area contributed by atoms with Crippen LogP contribution in [0, 0.1) is 0 Å². The van der Waals surface area contributed by atoms with Gasteiger partial charge in [-0.05, 0) is 99.2 Å². The molecule has 0 bridgehead atoms. The van der Waals surface area contributed by atoms with E-state index in [0.717, 1.165) is 11.3 Å². The minimum atomic E-state index is -4.14. The fourth-order valence-electron chi connectivity index (χ4n) is 5.54. The molecule has 1 aliphatic carbocycles. The van der Waals surface area contributed by atoms with Gasteiger partial charge in [0, 0.05) is 23.3 Å². The third-order valence-corrected chi connectivity index (χ3v) is 9.69. The van der Waals surface area contributed by atoms with Crippen LogP contribution in [0.15, 0.2) is 76.7 Å². The molecule has 0 spiro atoms. The van der Waals surface area contributed by atoms with E-state index in [-0.39, 0.29) is 41.8 Å². The van der Waals surface area contributed by atoms with Crippen LogP contribution in [0.3, 0.4) is 0 Å². The maximum atomic E-state index is 12.8. The van der Waals surface area contributed by atoms with Crippen molar-refractivity contribution in [1.82, 2.24) is 15.4 Å². The molecule has 4 amide bonds. The molecule has 3 aromatic carbocycles. The maximum absolute atomic E-state index is 12.8. The van der Waals surface area contributed by atoms with E-state index in [1.807, 2.05) is 0 Å². The smallest absolute Gasteiger partial charge is 0.338 e. The van der Waals surface area contributed by atoms with Crippen molar-refractivity contribution in [3.8, 4) is 5.75 Å². The Labute approximate surface area is 289 Å². The number of urea groups is 1. The second-order valence-electron chi connectivity index (χ2n) is 11.7. The lowest BCUT2D eigenvalue weighted by Crippen LogP contribution is -2.46. The number of benzene rings is 3. The molecule has 1 heterocycles. The lowest BCUT2D eigenvalue weighted by molar-refractivity contribution is -0.116. The van der Waals surface area contributed by atoms with Crippen LogP contribution in [0.5, 0.6) is 5.75 Å². The van der Waals surface area contributed by atoms with Gasteiger partial charge in [0.2, 0.25) is 0 Å². The van der Waals surface area contributed by atoms with Crippen molar-refractivity contribution in [2.75, 3.05) is 18.7 Å². The number of carbonyl (C=O) groups excluding carboxylic acids is 4. The molecule has 5 rings (SSSR count). The number of ether oxygens (including phenoxy) is 2. The molecule has 3 aromatic rings. The number of halogens is 1. The Balaban J connectivity index is 1.03. The highest BCUT2D eigenvalue weighted by Crippen LogP contribution is 2.25. The summed E-state index contributed by atoms with van der Waals surface area (Å²) in [6, 6.07) is 16.1. The van der Waals surface area contributed by atoms with Gasteiger partial charge >= 0.3 is 12.0 Å². The summed E-state index contributed by atoms with van der Waals surface area (Å²) >= 11 is 6.00. The summed E-state index contributed by atoms with van der Waals surface area (Å²) in [6.45, 7) is 2.06. The van der Waals surface area contributed by atoms with Crippen molar-refractivity contribution in [3.05, 3.63) is 88.4 Å². The minimum absolute atomic E-state index is 0.0855. The van der Waals surface area contributed by atoms with Crippen LogP contribution >= 0.6 is 11.6 Å². The number of methoxy groups -OCH3 is 1. The number of esters is 1. The van der Waals surface area contributed by atoms with Crippen molar-refractivity contribution >= 4 is 56.8 Å². The molecule has 0 aromatic heterocycles. The highest BCUT2D eigenvalue weighted by Gasteiger charge is 2.28. The fraction of sp³-hybridized carbons (Fsp3) is 0.324. The third-order valence-electron chi connectivity index (χ3n) is 8.11. The van der Waals surface area contributed by atoms with Gasteiger partial charge in [-0.1, -0.05) is 23.7 Å². The van der Waals surface area contributed by atoms with Gasteiger partial charge in [-0.3, -0.25) is 9.59 Å². The number of nitrogens with zero attached hydrogens (tertiary/aromatic N) is 2. The van der Waals surface area contributed by atoms with E-state index in [2.05, 4.69) is 20.5 Å². The van der Waals surface area contributed by atoms with E-state index in [0.29, 0.717) is 59.7 Å².